The zero-order valence-electron chi connectivity index (χ0n) is 15.3. The SMILES string of the molecule is CCc1noc(CC)c1CN=C(NCCOC)NCC(=O)N(C)C. The fourth-order valence-corrected chi connectivity index (χ4v) is 2.04. The first-order valence-corrected chi connectivity index (χ1v) is 8.20. The molecule has 0 bridgehead atoms. The third kappa shape index (κ3) is 6.19. The largest absolute Gasteiger partial charge is 0.383 e. The summed E-state index contributed by atoms with van der Waals surface area (Å²) in [6.07, 6.45) is 1.57. The molecular weight excluding hydrogens is 310 g/mol. The highest BCUT2D eigenvalue weighted by molar-refractivity contribution is 5.86. The highest BCUT2D eigenvalue weighted by atomic mass is 16.5. The van der Waals surface area contributed by atoms with E-state index in [4.69, 9.17) is 9.26 Å². The van der Waals surface area contributed by atoms with E-state index in [0.717, 1.165) is 29.9 Å². The summed E-state index contributed by atoms with van der Waals surface area (Å²) in [6, 6.07) is 0. The molecule has 1 heterocycles. The van der Waals surface area contributed by atoms with Crippen molar-refractivity contribution in [2.75, 3.05) is 40.9 Å². The van der Waals surface area contributed by atoms with Crippen molar-refractivity contribution in [1.82, 2.24) is 20.7 Å². The first kappa shape index (κ1) is 20.0. The summed E-state index contributed by atoms with van der Waals surface area (Å²) in [6.45, 7) is 5.85. The van der Waals surface area contributed by atoms with Gasteiger partial charge >= 0.3 is 0 Å². The molecule has 0 aliphatic carbocycles. The molecule has 0 aliphatic rings. The first-order chi connectivity index (χ1) is 11.5. The maximum atomic E-state index is 11.7. The third-order valence-electron chi connectivity index (χ3n) is 3.51. The molecule has 136 valence electrons. The van der Waals surface area contributed by atoms with Crippen molar-refractivity contribution in [3.63, 3.8) is 0 Å². The number of carbonyl (C=O) groups is 1. The Bertz CT molecular complexity index is 518. The minimum absolute atomic E-state index is 0.0234. The van der Waals surface area contributed by atoms with Gasteiger partial charge in [-0.15, -0.1) is 0 Å². The van der Waals surface area contributed by atoms with Gasteiger partial charge in [-0.3, -0.25) is 4.79 Å². The number of aromatic nitrogens is 1. The van der Waals surface area contributed by atoms with Gasteiger partial charge in [0.1, 0.15) is 5.76 Å². The van der Waals surface area contributed by atoms with Crippen LogP contribution in [0.3, 0.4) is 0 Å². The van der Waals surface area contributed by atoms with E-state index in [-0.39, 0.29) is 12.5 Å². The van der Waals surface area contributed by atoms with Gasteiger partial charge in [0.2, 0.25) is 5.91 Å². The molecule has 0 radical (unpaired) electrons. The number of ether oxygens (including phenoxy) is 1. The number of rotatable bonds is 9. The zero-order chi connectivity index (χ0) is 17.9. The van der Waals surface area contributed by atoms with Crippen molar-refractivity contribution >= 4 is 11.9 Å². The van der Waals surface area contributed by atoms with Crippen LogP contribution in [0, 0.1) is 0 Å². The lowest BCUT2D eigenvalue weighted by Gasteiger charge is -2.14. The Morgan fingerprint density at radius 2 is 2.04 bits per heavy atom. The molecule has 1 rings (SSSR count). The minimum Gasteiger partial charge on any atom is -0.383 e. The van der Waals surface area contributed by atoms with E-state index in [1.807, 2.05) is 13.8 Å². The molecule has 0 spiro atoms. The minimum atomic E-state index is -0.0234. The second kappa shape index (κ2) is 10.6. The van der Waals surface area contributed by atoms with Crippen LogP contribution < -0.4 is 10.6 Å². The lowest BCUT2D eigenvalue weighted by Crippen LogP contribution is -2.43. The molecule has 0 saturated heterocycles. The van der Waals surface area contributed by atoms with Gasteiger partial charge in [-0.05, 0) is 6.42 Å². The van der Waals surface area contributed by atoms with Gasteiger partial charge in [0.25, 0.3) is 0 Å². The highest BCUT2D eigenvalue weighted by Crippen LogP contribution is 2.16. The molecule has 0 unspecified atom stereocenters. The standard InChI is InChI=1S/C16H29N5O3/c1-6-13-12(14(7-2)24-20-13)10-18-16(17-8-9-23-5)19-11-15(22)21(3)4/h6-11H2,1-5H3,(H2,17,18,19). The van der Waals surface area contributed by atoms with E-state index >= 15 is 0 Å². The van der Waals surface area contributed by atoms with Crippen molar-refractivity contribution in [3.8, 4) is 0 Å². The molecule has 8 nitrogen and oxygen atoms in total. The third-order valence-corrected chi connectivity index (χ3v) is 3.51. The molecule has 1 amide bonds. The molecule has 1 aromatic rings. The number of aryl methyl sites for hydroxylation is 2. The molecule has 8 heteroatoms. The maximum absolute atomic E-state index is 11.7. The Morgan fingerprint density at radius 3 is 2.62 bits per heavy atom. The van der Waals surface area contributed by atoms with E-state index in [1.165, 1.54) is 4.90 Å². The molecule has 0 aromatic carbocycles. The Balaban J connectivity index is 2.79. The number of nitrogens with one attached hydrogen (secondary N) is 2. The fraction of sp³-hybridized carbons (Fsp3) is 0.688. The van der Waals surface area contributed by atoms with Crippen LogP contribution in [0.5, 0.6) is 0 Å². The summed E-state index contributed by atoms with van der Waals surface area (Å²) in [7, 11) is 5.08. The van der Waals surface area contributed by atoms with Gasteiger partial charge in [0.15, 0.2) is 5.96 Å². The summed E-state index contributed by atoms with van der Waals surface area (Å²) >= 11 is 0. The number of aliphatic imine (C=N–C) groups is 1. The fourth-order valence-electron chi connectivity index (χ4n) is 2.04. The number of methoxy groups -OCH3 is 1. The molecular formula is C16H29N5O3. The molecule has 0 fully saturated rings. The molecule has 0 aliphatic heterocycles. The van der Waals surface area contributed by atoms with Gasteiger partial charge in [-0.25, -0.2) is 4.99 Å². The topological polar surface area (TPSA) is 92.0 Å². The van der Waals surface area contributed by atoms with Crippen LogP contribution in [0.1, 0.15) is 30.9 Å². The first-order valence-electron chi connectivity index (χ1n) is 8.20. The van der Waals surface area contributed by atoms with Gasteiger partial charge < -0.3 is 24.8 Å². The Kier molecular flexibility index (Phi) is 8.85. The van der Waals surface area contributed by atoms with Crippen molar-refractivity contribution < 1.29 is 14.1 Å². The van der Waals surface area contributed by atoms with Crippen LogP contribution in [0.2, 0.25) is 0 Å². The molecule has 2 N–H and O–H groups in total. The summed E-state index contributed by atoms with van der Waals surface area (Å²) in [5.41, 5.74) is 1.95. The van der Waals surface area contributed by atoms with Crippen LogP contribution in [0.25, 0.3) is 0 Å². The number of hydrogen-bond donors (Lipinski definition) is 2. The average molecular weight is 339 g/mol. The number of likely N-dealkylation sites (N-methyl/N-ethyl adjacent to an activating group) is 1. The summed E-state index contributed by atoms with van der Waals surface area (Å²) in [5, 5.41) is 10.3. The number of amides is 1. The normalized spacial score (nSPS) is 11.5. The van der Waals surface area contributed by atoms with Crippen LogP contribution in [-0.4, -0.2) is 62.8 Å². The summed E-state index contributed by atoms with van der Waals surface area (Å²) < 4.78 is 10.4. The number of hydrogen-bond acceptors (Lipinski definition) is 5. The zero-order valence-corrected chi connectivity index (χ0v) is 15.3. The van der Waals surface area contributed by atoms with E-state index in [1.54, 1.807) is 21.2 Å². The number of nitrogens with zero attached hydrogens (tertiary/aromatic N) is 3. The van der Waals surface area contributed by atoms with Gasteiger partial charge in [0.05, 0.1) is 25.4 Å². The maximum Gasteiger partial charge on any atom is 0.241 e. The lowest BCUT2D eigenvalue weighted by atomic mass is 10.1. The predicted molar refractivity (Wildman–Crippen MR) is 93.0 cm³/mol. The van der Waals surface area contributed by atoms with Crippen molar-refractivity contribution in [2.45, 2.75) is 33.2 Å². The van der Waals surface area contributed by atoms with Crippen molar-refractivity contribution in [1.29, 1.82) is 0 Å². The van der Waals surface area contributed by atoms with Crippen molar-refractivity contribution in [2.24, 2.45) is 4.99 Å². The number of carbonyl (C=O) groups excluding carboxylic acids is 1. The van der Waals surface area contributed by atoms with Gasteiger partial charge in [-0.1, -0.05) is 19.0 Å². The molecule has 0 saturated carbocycles. The molecule has 0 atom stereocenters. The van der Waals surface area contributed by atoms with Crippen LogP contribution in [-0.2, 0) is 28.9 Å². The average Bonchev–Trinajstić information content (AvgIpc) is 2.98. The molecule has 1 aromatic heterocycles. The Labute approximate surface area is 143 Å². The lowest BCUT2D eigenvalue weighted by molar-refractivity contribution is -0.127. The quantitative estimate of drug-likeness (QED) is 0.388. The van der Waals surface area contributed by atoms with E-state index in [0.29, 0.717) is 25.7 Å². The van der Waals surface area contributed by atoms with Gasteiger partial charge in [0, 0.05) is 39.7 Å². The monoisotopic (exact) mass is 339 g/mol. The van der Waals surface area contributed by atoms with Crippen molar-refractivity contribution in [3.05, 3.63) is 17.0 Å². The summed E-state index contributed by atoms with van der Waals surface area (Å²) in [5.74, 6) is 1.40. The Hall–Kier alpha value is -2.09. The predicted octanol–water partition coefficient (Wildman–Crippen LogP) is 0.569. The van der Waals surface area contributed by atoms with Crippen LogP contribution in [0.4, 0.5) is 0 Å². The second-order valence-electron chi connectivity index (χ2n) is 5.46. The smallest absolute Gasteiger partial charge is 0.241 e. The van der Waals surface area contributed by atoms with Crippen LogP contribution >= 0.6 is 0 Å². The van der Waals surface area contributed by atoms with Gasteiger partial charge in [-0.2, -0.15) is 0 Å². The summed E-state index contributed by atoms with van der Waals surface area (Å²) in [4.78, 5) is 17.8. The highest BCUT2D eigenvalue weighted by Gasteiger charge is 2.13. The molecule has 24 heavy (non-hydrogen) atoms. The van der Waals surface area contributed by atoms with Crippen LogP contribution in [0.15, 0.2) is 9.52 Å². The van der Waals surface area contributed by atoms with E-state index < -0.39 is 0 Å². The second-order valence-corrected chi connectivity index (χ2v) is 5.46. The number of guanidine groups is 1. The Morgan fingerprint density at radius 1 is 1.29 bits per heavy atom. The van der Waals surface area contributed by atoms with E-state index in [9.17, 15) is 4.79 Å². The van der Waals surface area contributed by atoms with E-state index in [2.05, 4.69) is 20.8 Å².